The molecular formula is C14H22N4O6S. The second-order valence-electron chi connectivity index (χ2n) is 7.32. The molecule has 0 saturated carbocycles. The van der Waals surface area contributed by atoms with Gasteiger partial charge in [0.25, 0.3) is 0 Å². The summed E-state index contributed by atoms with van der Waals surface area (Å²) in [5.41, 5.74) is 0. The molecule has 0 aromatic rings. The summed E-state index contributed by atoms with van der Waals surface area (Å²) in [5.74, 6) is -0.202. The van der Waals surface area contributed by atoms with Gasteiger partial charge in [0, 0.05) is 24.7 Å². The Morgan fingerprint density at radius 3 is 2.52 bits per heavy atom. The highest BCUT2D eigenvalue weighted by molar-refractivity contribution is 7.80. The Hall–Kier alpha value is -1.43. The molecule has 0 aromatic heterocycles. The highest BCUT2D eigenvalue weighted by atomic mass is 32.3. The van der Waals surface area contributed by atoms with E-state index < -0.39 is 28.5 Å². The number of carbonyl (C=O) groups excluding carboxylic acids is 2. The van der Waals surface area contributed by atoms with E-state index in [1.54, 1.807) is 0 Å². The van der Waals surface area contributed by atoms with Crippen LogP contribution >= 0.6 is 0 Å². The minimum Gasteiger partial charge on any atom is -0.351 e. The zero-order valence-electron chi connectivity index (χ0n) is 13.6. The normalized spacial score (nSPS) is 37.5. The average molecular weight is 374 g/mol. The predicted molar refractivity (Wildman–Crippen MR) is 84.5 cm³/mol. The van der Waals surface area contributed by atoms with Gasteiger partial charge in [-0.05, 0) is 38.5 Å². The number of carbonyl (C=O) groups is 2. The molecule has 4 saturated heterocycles. The second-order valence-corrected chi connectivity index (χ2v) is 8.33. The quantitative estimate of drug-likeness (QED) is 0.560. The lowest BCUT2D eigenvalue weighted by Gasteiger charge is -2.34. The Labute approximate surface area is 145 Å². The molecule has 3 N–H and O–H groups in total. The summed E-state index contributed by atoms with van der Waals surface area (Å²) in [6, 6.07) is -0.810. The van der Waals surface area contributed by atoms with Gasteiger partial charge in [0.1, 0.15) is 6.04 Å². The van der Waals surface area contributed by atoms with Crippen molar-refractivity contribution < 1.29 is 26.8 Å². The number of hydrogen-bond acceptors (Lipinski definition) is 6. The van der Waals surface area contributed by atoms with Crippen LogP contribution in [-0.4, -0.2) is 71.6 Å². The van der Waals surface area contributed by atoms with Crippen molar-refractivity contribution in [2.24, 2.45) is 0 Å². The average Bonchev–Trinajstić information content (AvgIpc) is 2.98. The first kappa shape index (κ1) is 17.0. The Morgan fingerprint density at radius 1 is 1.20 bits per heavy atom. The van der Waals surface area contributed by atoms with Gasteiger partial charge in [-0.1, -0.05) is 0 Å². The fourth-order valence-corrected chi connectivity index (χ4v) is 4.97. The molecule has 25 heavy (non-hydrogen) atoms. The van der Waals surface area contributed by atoms with Crippen molar-refractivity contribution in [3.05, 3.63) is 0 Å². The fraction of sp³-hybridized carbons (Fsp3) is 0.857. The van der Waals surface area contributed by atoms with E-state index in [1.807, 2.05) is 0 Å². The zero-order valence-corrected chi connectivity index (χ0v) is 14.4. The first-order valence-corrected chi connectivity index (χ1v) is 10.00. The van der Waals surface area contributed by atoms with Gasteiger partial charge in [-0.15, -0.1) is 4.28 Å². The smallest absolute Gasteiger partial charge is 0.351 e. The van der Waals surface area contributed by atoms with Gasteiger partial charge >= 0.3 is 16.4 Å². The van der Waals surface area contributed by atoms with E-state index in [9.17, 15) is 18.0 Å². The molecule has 11 heteroatoms. The lowest BCUT2D eigenvalue weighted by molar-refractivity contribution is -0.127. The van der Waals surface area contributed by atoms with Crippen LogP contribution in [0.3, 0.4) is 0 Å². The number of nitrogens with one attached hydrogen (secondary N) is 2. The monoisotopic (exact) mass is 374 g/mol. The third kappa shape index (κ3) is 3.33. The highest BCUT2D eigenvalue weighted by Gasteiger charge is 2.49. The Kier molecular flexibility index (Phi) is 4.13. The Balaban J connectivity index is 1.40. The number of hydrogen-bond donors (Lipinski definition) is 3. The van der Waals surface area contributed by atoms with E-state index in [0.29, 0.717) is 30.0 Å². The van der Waals surface area contributed by atoms with Gasteiger partial charge in [0.2, 0.25) is 5.91 Å². The van der Waals surface area contributed by atoms with Crippen LogP contribution < -0.4 is 10.6 Å². The van der Waals surface area contributed by atoms with E-state index in [-0.39, 0.29) is 18.5 Å². The largest absolute Gasteiger partial charge is 0.418 e. The van der Waals surface area contributed by atoms with E-state index in [1.165, 1.54) is 4.90 Å². The molecule has 0 aliphatic carbocycles. The van der Waals surface area contributed by atoms with E-state index in [0.717, 1.165) is 25.7 Å². The van der Waals surface area contributed by atoms with Gasteiger partial charge in [-0.2, -0.15) is 13.5 Å². The van der Waals surface area contributed by atoms with Crippen LogP contribution in [-0.2, 0) is 19.5 Å². The lowest BCUT2D eigenvalue weighted by Crippen LogP contribution is -2.55. The lowest BCUT2D eigenvalue weighted by atomic mass is 9.97. The minimum atomic E-state index is -4.77. The van der Waals surface area contributed by atoms with Gasteiger partial charge in [0.05, 0.1) is 6.04 Å². The van der Waals surface area contributed by atoms with Gasteiger partial charge < -0.3 is 15.5 Å². The Bertz CT molecular complexity index is 673. The van der Waals surface area contributed by atoms with Gasteiger partial charge in [0.15, 0.2) is 0 Å². The van der Waals surface area contributed by atoms with Gasteiger partial charge in [-0.3, -0.25) is 9.35 Å². The molecule has 4 aliphatic heterocycles. The molecule has 0 aromatic carbocycles. The molecule has 4 heterocycles. The van der Waals surface area contributed by atoms with Crippen molar-refractivity contribution in [3.8, 4) is 0 Å². The maximum Gasteiger partial charge on any atom is 0.418 e. The minimum absolute atomic E-state index is 0.104. The maximum atomic E-state index is 12.7. The van der Waals surface area contributed by atoms with Crippen molar-refractivity contribution in [2.45, 2.75) is 68.7 Å². The first-order chi connectivity index (χ1) is 11.8. The molecule has 1 unspecified atom stereocenters. The summed E-state index contributed by atoms with van der Waals surface area (Å²) in [6.45, 7) is 0.212. The van der Waals surface area contributed by atoms with Crippen molar-refractivity contribution >= 4 is 22.3 Å². The molecule has 0 spiro atoms. The standard InChI is InChI=1S/C14H22N4O6S/c19-13(16-10-5-8-1-2-9(6-10)15-8)12-4-3-11-7-17(12)14(20)18(11)24-25(21,22)23/h8-12,15H,1-7H2,(H,16,19)(H,21,22,23)/t8-,9+,10?,11-,12-/m1/s1. The molecule has 140 valence electrons. The van der Waals surface area contributed by atoms with Crippen LogP contribution in [0.2, 0.25) is 0 Å². The van der Waals surface area contributed by atoms with E-state index in [4.69, 9.17) is 4.55 Å². The number of amides is 3. The fourth-order valence-electron chi connectivity index (χ4n) is 4.58. The second kappa shape index (κ2) is 6.08. The predicted octanol–water partition coefficient (Wildman–Crippen LogP) is -0.611. The third-order valence-corrected chi connectivity index (χ3v) is 5.97. The molecule has 4 rings (SSSR count). The number of fused-ring (bicyclic) bond motifs is 4. The van der Waals surface area contributed by atoms with Crippen LogP contribution in [0.1, 0.15) is 38.5 Å². The number of nitrogens with zero attached hydrogens (tertiary/aromatic N) is 2. The molecule has 4 bridgehead atoms. The van der Waals surface area contributed by atoms with Crippen molar-refractivity contribution in [3.63, 3.8) is 0 Å². The summed E-state index contributed by atoms with van der Waals surface area (Å²) in [4.78, 5) is 26.3. The number of urea groups is 1. The van der Waals surface area contributed by atoms with Crippen molar-refractivity contribution in [1.82, 2.24) is 20.6 Å². The van der Waals surface area contributed by atoms with Crippen LogP contribution in [0.15, 0.2) is 0 Å². The van der Waals surface area contributed by atoms with Gasteiger partial charge in [-0.25, -0.2) is 4.79 Å². The summed E-state index contributed by atoms with van der Waals surface area (Å²) >= 11 is 0. The molecule has 4 fully saturated rings. The molecule has 5 atom stereocenters. The van der Waals surface area contributed by atoms with Crippen molar-refractivity contribution in [2.75, 3.05) is 6.54 Å². The maximum absolute atomic E-state index is 12.7. The first-order valence-electron chi connectivity index (χ1n) is 8.63. The van der Waals surface area contributed by atoms with Crippen LogP contribution in [0.4, 0.5) is 4.79 Å². The van der Waals surface area contributed by atoms with Crippen LogP contribution in [0.25, 0.3) is 0 Å². The Morgan fingerprint density at radius 2 is 1.88 bits per heavy atom. The summed E-state index contributed by atoms with van der Waals surface area (Å²) in [5, 5.41) is 7.23. The zero-order chi connectivity index (χ0) is 17.8. The summed E-state index contributed by atoms with van der Waals surface area (Å²) in [6.07, 6.45) is 4.93. The topological polar surface area (TPSA) is 128 Å². The molecule has 4 aliphatic rings. The third-order valence-electron chi connectivity index (χ3n) is 5.62. The number of rotatable bonds is 4. The molecular weight excluding hydrogens is 352 g/mol. The van der Waals surface area contributed by atoms with Crippen molar-refractivity contribution in [1.29, 1.82) is 0 Å². The number of hydroxylamine groups is 2. The number of piperidine rings is 2. The van der Waals surface area contributed by atoms with E-state index >= 15 is 0 Å². The molecule has 3 amide bonds. The highest BCUT2D eigenvalue weighted by Crippen LogP contribution is 2.31. The molecule has 0 radical (unpaired) electrons. The molecule has 10 nitrogen and oxygen atoms in total. The van der Waals surface area contributed by atoms with E-state index in [2.05, 4.69) is 14.9 Å². The SMILES string of the molecule is O=C(NC1C[C@H]2CC[C@@H](C1)N2)[C@H]1CC[C@@H]2CN1C(=O)N2OS(=O)(=O)O. The van der Waals surface area contributed by atoms with Crippen LogP contribution in [0.5, 0.6) is 0 Å². The summed E-state index contributed by atoms with van der Waals surface area (Å²) in [7, 11) is -4.77. The van der Waals surface area contributed by atoms with Crippen LogP contribution in [0, 0.1) is 0 Å². The summed E-state index contributed by atoms with van der Waals surface area (Å²) < 4.78 is 35.0.